The highest BCUT2D eigenvalue weighted by Gasteiger charge is 2.24. The molecule has 3 atom stereocenters. The lowest BCUT2D eigenvalue weighted by Crippen LogP contribution is -2.40. The summed E-state index contributed by atoms with van der Waals surface area (Å²) in [5.74, 6) is 0. The molecule has 0 saturated heterocycles. The summed E-state index contributed by atoms with van der Waals surface area (Å²) >= 11 is 1.88. The molecule has 3 rings (SSSR count). The smallest absolute Gasteiger partial charge is 0.0693 e. The Bertz CT molecular complexity index is 606. The molecular weight excluding hydrogens is 278 g/mol. The maximum absolute atomic E-state index is 10.3. The van der Waals surface area contributed by atoms with Crippen LogP contribution in [0.4, 0.5) is 0 Å². The van der Waals surface area contributed by atoms with Crippen LogP contribution in [-0.4, -0.2) is 17.3 Å². The van der Waals surface area contributed by atoms with Gasteiger partial charge in [-0.3, -0.25) is 0 Å². The van der Waals surface area contributed by atoms with Crippen LogP contribution in [0.25, 0.3) is 10.1 Å². The number of aliphatic hydroxyl groups is 1. The summed E-state index contributed by atoms with van der Waals surface area (Å²) in [5, 5.41) is 15.3. The highest BCUT2D eigenvalue weighted by Crippen LogP contribution is 2.35. The van der Waals surface area contributed by atoms with Crippen molar-refractivity contribution in [3.05, 3.63) is 34.7 Å². The number of aryl methyl sites for hydroxylation is 1. The molecule has 1 aromatic carbocycles. The van der Waals surface area contributed by atoms with Crippen molar-refractivity contribution in [2.45, 2.75) is 64.1 Å². The fraction of sp³-hybridized carbons (Fsp3) is 0.556. The van der Waals surface area contributed by atoms with E-state index < -0.39 is 0 Å². The van der Waals surface area contributed by atoms with Crippen LogP contribution in [0.2, 0.25) is 0 Å². The maximum Gasteiger partial charge on any atom is 0.0693 e. The standard InChI is InChI=1S/C18H25NOS/c1-12-14-8-6-7-11-17(14)21-18(12)13(2)19-15-9-4-3-5-10-16(15)20/h6-8,11,13,15-16,19-20H,3-5,9-10H2,1-2H3. The van der Waals surface area contributed by atoms with Gasteiger partial charge < -0.3 is 10.4 Å². The minimum Gasteiger partial charge on any atom is -0.392 e. The molecule has 2 aromatic rings. The maximum atomic E-state index is 10.3. The second-order valence-electron chi connectivity index (χ2n) is 6.29. The molecule has 1 heterocycles. The highest BCUT2D eigenvalue weighted by atomic mass is 32.1. The molecule has 0 amide bonds. The molecule has 2 N–H and O–H groups in total. The van der Waals surface area contributed by atoms with Gasteiger partial charge in [0.2, 0.25) is 0 Å². The first-order valence-corrected chi connectivity index (χ1v) is 8.90. The molecule has 1 aliphatic rings. The number of benzene rings is 1. The zero-order valence-corrected chi connectivity index (χ0v) is 13.7. The molecule has 3 unspecified atom stereocenters. The Labute approximate surface area is 131 Å². The van der Waals surface area contributed by atoms with Crippen molar-refractivity contribution in [1.29, 1.82) is 0 Å². The molecular formula is C18H25NOS. The fourth-order valence-electron chi connectivity index (χ4n) is 3.49. The molecule has 2 nitrogen and oxygen atoms in total. The van der Waals surface area contributed by atoms with Gasteiger partial charge in [0.05, 0.1) is 6.10 Å². The van der Waals surface area contributed by atoms with Gasteiger partial charge in [-0.25, -0.2) is 0 Å². The quantitative estimate of drug-likeness (QED) is 0.815. The summed E-state index contributed by atoms with van der Waals surface area (Å²) in [5.41, 5.74) is 1.39. The van der Waals surface area contributed by atoms with Gasteiger partial charge in [0.15, 0.2) is 0 Å². The topological polar surface area (TPSA) is 32.3 Å². The number of nitrogens with one attached hydrogen (secondary N) is 1. The van der Waals surface area contributed by atoms with E-state index in [1.54, 1.807) is 0 Å². The molecule has 0 bridgehead atoms. The van der Waals surface area contributed by atoms with Crippen LogP contribution >= 0.6 is 11.3 Å². The number of hydrogen-bond donors (Lipinski definition) is 2. The zero-order chi connectivity index (χ0) is 14.8. The Kier molecular flexibility index (Phi) is 4.63. The number of fused-ring (bicyclic) bond motifs is 1. The van der Waals surface area contributed by atoms with Crippen molar-refractivity contribution in [3.8, 4) is 0 Å². The minimum atomic E-state index is -0.190. The third-order valence-corrected chi connectivity index (χ3v) is 6.17. The van der Waals surface area contributed by atoms with E-state index in [4.69, 9.17) is 0 Å². The summed E-state index contributed by atoms with van der Waals surface area (Å²) in [6, 6.07) is 9.17. The van der Waals surface area contributed by atoms with Gasteiger partial charge in [0.25, 0.3) is 0 Å². The first-order chi connectivity index (χ1) is 10.2. The van der Waals surface area contributed by atoms with Gasteiger partial charge in [-0.05, 0) is 43.7 Å². The number of aliphatic hydroxyl groups excluding tert-OH is 1. The van der Waals surface area contributed by atoms with Gasteiger partial charge in [0.1, 0.15) is 0 Å². The average molecular weight is 303 g/mol. The third-order valence-electron chi connectivity index (χ3n) is 4.72. The van der Waals surface area contributed by atoms with E-state index in [1.165, 1.54) is 33.4 Å². The molecule has 1 aliphatic carbocycles. The predicted octanol–water partition coefficient (Wildman–Crippen LogP) is 4.55. The Morgan fingerprint density at radius 1 is 1.19 bits per heavy atom. The Hall–Kier alpha value is -0.900. The second kappa shape index (κ2) is 6.47. The molecule has 1 aromatic heterocycles. The van der Waals surface area contributed by atoms with Crippen molar-refractivity contribution < 1.29 is 5.11 Å². The van der Waals surface area contributed by atoms with E-state index in [9.17, 15) is 5.11 Å². The summed E-state index contributed by atoms with van der Waals surface area (Å²) < 4.78 is 1.36. The van der Waals surface area contributed by atoms with E-state index >= 15 is 0 Å². The molecule has 114 valence electrons. The molecule has 0 radical (unpaired) electrons. The van der Waals surface area contributed by atoms with Gasteiger partial charge in [-0.2, -0.15) is 0 Å². The molecule has 1 saturated carbocycles. The number of hydrogen-bond acceptors (Lipinski definition) is 3. The van der Waals surface area contributed by atoms with E-state index in [2.05, 4.69) is 43.4 Å². The first-order valence-electron chi connectivity index (χ1n) is 8.09. The van der Waals surface area contributed by atoms with Crippen LogP contribution < -0.4 is 5.32 Å². The molecule has 1 fully saturated rings. The number of thiophene rings is 1. The summed E-state index contributed by atoms with van der Waals surface area (Å²) in [7, 11) is 0. The van der Waals surface area contributed by atoms with Crippen LogP contribution in [0.1, 0.15) is 55.5 Å². The van der Waals surface area contributed by atoms with Crippen LogP contribution in [0.15, 0.2) is 24.3 Å². The first kappa shape index (κ1) is 15.0. The van der Waals surface area contributed by atoms with Gasteiger partial charge >= 0.3 is 0 Å². The fourth-order valence-corrected chi connectivity index (χ4v) is 4.71. The lowest BCUT2D eigenvalue weighted by molar-refractivity contribution is 0.115. The van der Waals surface area contributed by atoms with Gasteiger partial charge in [0, 0.05) is 21.7 Å². The average Bonchev–Trinajstić information content (AvgIpc) is 2.69. The van der Waals surface area contributed by atoms with E-state index in [0.717, 1.165) is 19.3 Å². The third kappa shape index (κ3) is 3.15. The van der Waals surface area contributed by atoms with Crippen molar-refractivity contribution in [3.63, 3.8) is 0 Å². The van der Waals surface area contributed by atoms with Crippen LogP contribution in [0.3, 0.4) is 0 Å². The summed E-state index contributed by atoms with van der Waals surface area (Å²) in [6.45, 7) is 4.45. The normalized spacial score (nSPS) is 24.9. The van der Waals surface area contributed by atoms with E-state index in [-0.39, 0.29) is 12.1 Å². The molecule has 0 spiro atoms. The molecule has 3 heteroatoms. The summed E-state index contributed by atoms with van der Waals surface area (Å²) in [4.78, 5) is 1.41. The van der Waals surface area contributed by atoms with Crippen LogP contribution in [0.5, 0.6) is 0 Å². The van der Waals surface area contributed by atoms with E-state index in [0.29, 0.717) is 6.04 Å². The van der Waals surface area contributed by atoms with Gasteiger partial charge in [-0.15, -0.1) is 11.3 Å². The zero-order valence-electron chi connectivity index (χ0n) is 12.9. The van der Waals surface area contributed by atoms with E-state index in [1.807, 2.05) is 11.3 Å². The minimum absolute atomic E-state index is 0.190. The highest BCUT2D eigenvalue weighted by molar-refractivity contribution is 7.19. The Morgan fingerprint density at radius 3 is 2.76 bits per heavy atom. The number of rotatable bonds is 3. The molecule has 21 heavy (non-hydrogen) atoms. The second-order valence-corrected chi connectivity index (χ2v) is 7.37. The largest absolute Gasteiger partial charge is 0.392 e. The monoisotopic (exact) mass is 303 g/mol. The van der Waals surface area contributed by atoms with Crippen molar-refractivity contribution in [2.24, 2.45) is 0 Å². The Morgan fingerprint density at radius 2 is 1.95 bits per heavy atom. The Balaban J connectivity index is 1.80. The summed E-state index contributed by atoms with van der Waals surface area (Å²) in [6.07, 6.45) is 5.49. The SMILES string of the molecule is Cc1c(C(C)NC2CCCCCC2O)sc2ccccc12. The lowest BCUT2D eigenvalue weighted by Gasteiger charge is -2.26. The van der Waals surface area contributed by atoms with Crippen LogP contribution in [-0.2, 0) is 0 Å². The van der Waals surface area contributed by atoms with Crippen molar-refractivity contribution in [1.82, 2.24) is 5.32 Å². The van der Waals surface area contributed by atoms with Crippen LogP contribution in [0, 0.1) is 6.92 Å². The van der Waals surface area contributed by atoms with Crippen molar-refractivity contribution >= 4 is 21.4 Å². The predicted molar refractivity (Wildman–Crippen MR) is 91.0 cm³/mol. The lowest BCUT2D eigenvalue weighted by atomic mass is 10.0. The molecule has 0 aliphatic heterocycles. The van der Waals surface area contributed by atoms with Gasteiger partial charge in [-0.1, -0.05) is 37.5 Å². The van der Waals surface area contributed by atoms with Crippen molar-refractivity contribution in [2.75, 3.05) is 0 Å².